The number of halogens is 1. The summed E-state index contributed by atoms with van der Waals surface area (Å²) in [5.41, 5.74) is 0.985. The van der Waals surface area contributed by atoms with Crippen molar-refractivity contribution in [1.29, 1.82) is 0 Å². The van der Waals surface area contributed by atoms with E-state index in [1.807, 2.05) is 30.3 Å². The Morgan fingerprint density at radius 3 is 2.64 bits per heavy atom. The third-order valence-corrected chi connectivity index (χ3v) is 6.31. The first-order chi connectivity index (χ1) is 16.0. The largest absolute Gasteiger partial charge is 0.497 e. The first kappa shape index (κ1) is 21.1. The molecule has 3 heterocycles. The van der Waals surface area contributed by atoms with Crippen LogP contribution in [0.15, 0.2) is 74.7 Å². The van der Waals surface area contributed by atoms with Crippen LogP contribution < -0.4 is 20.4 Å². The van der Waals surface area contributed by atoms with Crippen LogP contribution in [0.25, 0.3) is 22.4 Å². The molecule has 0 N–H and O–H groups in total. The number of nitrogens with zero attached hydrogens (tertiary/aromatic N) is 3. The summed E-state index contributed by atoms with van der Waals surface area (Å²) >= 11 is 7.32. The van der Waals surface area contributed by atoms with E-state index in [1.54, 1.807) is 43.5 Å². The van der Waals surface area contributed by atoms with E-state index >= 15 is 0 Å². The minimum atomic E-state index is -0.461. The van der Waals surface area contributed by atoms with Crippen LogP contribution in [-0.2, 0) is 6.42 Å². The van der Waals surface area contributed by atoms with Gasteiger partial charge in [0.25, 0.3) is 11.1 Å². The maximum absolute atomic E-state index is 12.9. The summed E-state index contributed by atoms with van der Waals surface area (Å²) in [5, 5.41) is 4.85. The average molecular weight is 478 g/mol. The van der Waals surface area contributed by atoms with Crippen LogP contribution in [0.5, 0.6) is 5.75 Å². The molecule has 9 heteroatoms. The topological polar surface area (TPSA) is 86.7 Å². The molecule has 0 saturated heterocycles. The van der Waals surface area contributed by atoms with E-state index in [0.717, 1.165) is 27.0 Å². The summed E-state index contributed by atoms with van der Waals surface area (Å²) in [6, 6.07) is 18.2. The molecular weight excluding hydrogens is 462 g/mol. The van der Waals surface area contributed by atoms with E-state index in [2.05, 4.69) is 10.1 Å². The van der Waals surface area contributed by atoms with E-state index in [4.69, 9.17) is 20.8 Å². The maximum atomic E-state index is 12.9. The highest BCUT2D eigenvalue weighted by Crippen LogP contribution is 2.29. The molecule has 0 unspecified atom stereocenters. The SMILES string of the molecule is COc1ccc(Cc2nn3c(=O)/c(=C/c4ccc(-c5ccccc5Cl)o4)sc3nc2=O)cc1. The summed E-state index contributed by atoms with van der Waals surface area (Å²) in [6.07, 6.45) is 1.86. The first-order valence-electron chi connectivity index (χ1n) is 9.94. The van der Waals surface area contributed by atoms with Crippen molar-refractivity contribution in [3.05, 3.63) is 108 Å². The molecular formula is C24H16ClN3O4S. The third kappa shape index (κ3) is 4.18. The van der Waals surface area contributed by atoms with E-state index in [-0.39, 0.29) is 22.6 Å². The number of furan rings is 1. The molecule has 5 aromatic rings. The lowest BCUT2D eigenvalue weighted by molar-refractivity contribution is 0.414. The van der Waals surface area contributed by atoms with Crippen molar-refractivity contribution in [2.24, 2.45) is 0 Å². The number of ether oxygens (including phenoxy) is 1. The number of hydrogen-bond donors (Lipinski definition) is 0. The van der Waals surface area contributed by atoms with Crippen LogP contribution in [0.4, 0.5) is 0 Å². The van der Waals surface area contributed by atoms with Crippen molar-refractivity contribution in [1.82, 2.24) is 14.6 Å². The van der Waals surface area contributed by atoms with Crippen LogP contribution in [0, 0.1) is 0 Å². The highest BCUT2D eigenvalue weighted by Gasteiger charge is 2.13. The Morgan fingerprint density at radius 1 is 1.09 bits per heavy atom. The lowest BCUT2D eigenvalue weighted by atomic mass is 10.1. The van der Waals surface area contributed by atoms with Crippen molar-refractivity contribution in [2.45, 2.75) is 6.42 Å². The van der Waals surface area contributed by atoms with Gasteiger partial charge in [0.15, 0.2) is 0 Å². The van der Waals surface area contributed by atoms with Crippen molar-refractivity contribution in [3.63, 3.8) is 0 Å². The van der Waals surface area contributed by atoms with Crippen molar-refractivity contribution >= 4 is 34.0 Å². The van der Waals surface area contributed by atoms with E-state index in [0.29, 0.717) is 26.8 Å². The van der Waals surface area contributed by atoms with Gasteiger partial charge in [0.05, 0.1) is 12.1 Å². The fraction of sp³-hybridized carbons (Fsp3) is 0.0833. The van der Waals surface area contributed by atoms with Gasteiger partial charge in [0, 0.05) is 18.1 Å². The highest BCUT2D eigenvalue weighted by atomic mass is 35.5. The summed E-state index contributed by atoms with van der Waals surface area (Å²) in [4.78, 5) is 29.7. The molecule has 2 aromatic carbocycles. The Bertz CT molecular complexity index is 1640. The number of methoxy groups -OCH3 is 1. The summed E-state index contributed by atoms with van der Waals surface area (Å²) < 4.78 is 12.5. The van der Waals surface area contributed by atoms with Gasteiger partial charge in [-0.2, -0.15) is 14.6 Å². The van der Waals surface area contributed by atoms with Gasteiger partial charge in [-0.25, -0.2) is 0 Å². The van der Waals surface area contributed by atoms with Crippen LogP contribution >= 0.6 is 22.9 Å². The number of benzene rings is 2. The second-order valence-electron chi connectivity index (χ2n) is 7.18. The molecule has 0 radical (unpaired) electrons. The molecule has 3 aromatic heterocycles. The molecule has 0 saturated carbocycles. The molecule has 0 bridgehead atoms. The second kappa shape index (κ2) is 8.65. The van der Waals surface area contributed by atoms with Crippen molar-refractivity contribution in [2.75, 3.05) is 7.11 Å². The lowest BCUT2D eigenvalue weighted by Gasteiger charge is -2.02. The zero-order chi connectivity index (χ0) is 22.9. The van der Waals surface area contributed by atoms with Gasteiger partial charge < -0.3 is 9.15 Å². The molecule has 164 valence electrons. The predicted octanol–water partition coefficient (Wildman–Crippen LogP) is 3.57. The minimum absolute atomic E-state index is 0.193. The van der Waals surface area contributed by atoms with Gasteiger partial charge in [-0.3, -0.25) is 9.59 Å². The monoisotopic (exact) mass is 477 g/mol. The number of hydrogen-bond acceptors (Lipinski definition) is 7. The fourth-order valence-electron chi connectivity index (χ4n) is 3.35. The van der Waals surface area contributed by atoms with Crippen molar-refractivity contribution < 1.29 is 9.15 Å². The molecule has 0 aliphatic rings. The number of aromatic nitrogens is 3. The minimum Gasteiger partial charge on any atom is -0.497 e. The standard InChI is InChI=1S/C24H16ClN3O4S/c1-31-15-8-6-14(7-9-15)12-19-22(29)26-24-28(27-19)23(30)21(33-24)13-16-10-11-20(32-16)17-4-2-3-5-18(17)25/h2-11,13H,12H2,1H3/b21-13-. The van der Waals surface area contributed by atoms with Crippen LogP contribution in [0.3, 0.4) is 0 Å². The number of fused-ring (bicyclic) bond motifs is 1. The van der Waals surface area contributed by atoms with Gasteiger partial charge in [-0.1, -0.05) is 47.2 Å². The van der Waals surface area contributed by atoms with Crippen LogP contribution in [0.1, 0.15) is 17.0 Å². The zero-order valence-corrected chi connectivity index (χ0v) is 18.9. The Morgan fingerprint density at radius 2 is 1.88 bits per heavy atom. The number of rotatable bonds is 5. The Kier molecular flexibility index (Phi) is 5.53. The lowest BCUT2D eigenvalue weighted by Crippen LogP contribution is -2.28. The van der Waals surface area contributed by atoms with Gasteiger partial charge in [0.2, 0.25) is 4.96 Å². The Hall–Kier alpha value is -3.75. The molecule has 5 rings (SSSR count). The quantitative estimate of drug-likeness (QED) is 0.384. The summed E-state index contributed by atoms with van der Waals surface area (Å²) in [6.45, 7) is 0. The van der Waals surface area contributed by atoms with Crippen LogP contribution in [-0.4, -0.2) is 21.7 Å². The van der Waals surface area contributed by atoms with Crippen LogP contribution in [0.2, 0.25) is 5.02 Å². The number of thiazole rings is 1. The first-order valence-corrected chi connectivity index (χ1v) is 11.1. The van der Waals surface area contributed by atoms with E-state index in [9.17, 15) is 9.59 Å². The molecule has 0 amide bonds. The Labute approximate surface area is 196 Å². The molecule has 0 atom stereocenters. The molecule has 7 nitrogen and oxygen atoms in total. The molecule has 0 aliphatic heterocycles. The fourth-order valence-corrected chi connectivity index (χ4v) is 4.47. The smallest absolute Gasteiger partial charge is 0.296 e. The third-order valence-electron chi connectivity index (χ3n) is 5.02. The second-order valence-corrected chi connectivity index (χ2v) is 8.60. The normalized spacial score (nSPS) is 11.9. The zero-order valence-electron chi connectivity index (χ0n) is 17.3. The molecule has 33 heavy (non-hydrogen) atoms. The summed E-state index contributed by atoms with van der Waals surface area (Å²) in [7, 11) is 1.59. The van der Waals surface area contributed by atoms with Gasteiger partial charge >= 0.3 is 0 Å². The van der Waals surface area contributed by atoms with Gasteiger partial charge in [-0.05, 0) is 42.0 Å². The van der Waals surface area contributed by atoms with E-state index < -0.39 is 5.56 Å². The predicted molar refractivity (Wildman–Crippen MR) is 127 cm³/mol. The van der Waals surface area contributed by atoms with Gasteiger partial charge in [-0.15, -0.1) is 0 Å². The Balaban J connectivity index is 1.51. The maximum Gasteiger partial charge on any atom is 0.296 e. The highest BCUT2D eigenvalue weighted by molar-refractivity contribution is 7.15. The van der Waals surface area contributed by atoms with Crippen molar-refractivity contribution in [3.8, 4) is 17.1 Å². The molecule has 0 fully saturated rings. The molecule has 0 spiro atoms. The van der Waals surface area contributed by atoms with E-state index in [1.165, 1.54) is 0 Å². The van der Waals surface area contributed by atoms with Gasteiger partial charge in [0.1, 0.15) is 27.5 Å². The average Bonchev–Trinajstić information content (AvgIpc) is 3.40. The summed E-state index contributed by atoms with van der Waals surface area (Å²) in [5.74, 6) is 1.79. The molecule has 0 aliphatic carbocycles.